The molecule has 5 heteroatoms. The Kier molecular flexibility index (Phi) is 6.04. The van der Waals surface area contributed by atoms with Crippen LogP contribution >= 0.6 is 0 Å². The minimum Gasteiger partial charge on any atom is -0.357 e. The molecule has 3 aromatic rings. The molecule has 3 rings (SSSR count). The van der Waals surface area contributed by atoms with Crippen molar-refractivity contribution in [2.75, 3.05) is 19.6 Å². The average Bonchev–Trinajstić information content (AvgIpc) is 3.15. The van der Waals surface area contributed by atoms with Crippen molar-refractivity contribution < 1.29 is 0 Å². The topological polar surface area (TPSA) is 54.2 Å². The molecule has 0 saturated heterocycles. The van der Waals surface area contributed by atoms with Crippen LogP contribution in [0.25, 0.3) is 10.9 Å². The predicted molar refractivity (Wildman–Crippen MR) is 104 cm³/mol. The largest absolute Gasteiger partial charge is 0.357 e. The van der Waals surface area contributed by atoms with Gasteiger partial charge in [-0.05, 0) is 37.1 Å². The van der Waals surface area contributed by atoms with Gasteiger partial charge in [0.2, 0.25) is 0 Å². The molecule has 25 heavy (non-hydrogen) atoms. The van der Waals surface area contributed by atoms with Crippen molar-refractivity contribution in [2.24, 2.45) is 4.99 Å². The van der Waals surface area contributed by atoms with E-state index in [4.69, 9.17) is 4.99 Å². The van der Waals surface area contributed by atoms with Crippen LogP contribution in [0.5, 0.6) is 0 Å². The highest BCUT2D eigenvalue weighted by atomic mass is 15.2. The van der Waals surface area contributed by atoms with Gasteiger partial charge in [0.25, 0.3) is 0 Å². The molecule has 130 valence electrons. The lowest BCUT2D eigenvalue weighted by molar-refractivity contribution is 0.665. The normalized spacial score (nSPS) is 11.6. The molecule has 0 atom stereocenters. The number of fused-ring (bicyclic) bond motifs is 1. The van der Waals surface area contributed by atoms with Gasteiger partial charge >= 0.3 is 0 Å². The third-order valence-corrected chi connectivity index (χ3v) is 4.04. The van der Waals surface area contributed by atoms with Crippen molar-refractivity contribution in [1.29, 1.82) is 0 Å². The van der Waals surface area contributed by atoms with Crippen molar-refractivity contribution in [3.63, 3.8) is 0 Å². The first-order valence-electron chi connectivity index (χ1n) is 8.82. The van der Waals surface area contributed by atoms with Crippen LogP contribution in [0, 0.1) is 0 Å². The van der Waals surface area contributed by atoms with E-state index in [2.05, 4.69) is 63.8 Å². The second kappa shape index (κ2) is 8.87. The Bertz CT molecular complexity index is 803. The molecule has 2 heterocycles. The maximum absolute atomic E-state index is 4.69. The van der Waals surface area contributed by atoms with E-state index in [-0.39, 0.29) is 0 Å². The summed E-state index contributed by atoms with van der Waals surface area (Å²) >= 11 is 0. The number of nitrogens with one attached hydrogen (secondary N) is 2. The zero-order chi connectivity index (χ0) is 17.3. The van der Waals surface area contributed by atoms with Crippen LogP contribution in [0.15, 0.2) is 66.0 Å². The van der Waals surface area contributed by atoms with Crippen molar-refractivity contribution in [2.45, 2.75) is 19.9 Å². The minimum atomic E-state index is 0.731. The number of aromatic nitrogens is 2. The van der Waals surface area contributed by atoms with Crippen molar-refractivity contribution in [1.82, 2.24) is 20.2 Å². The Balaban J connectivity index is 1.57. The number of aliphatic imine (C=N–C) groups is 1. The van der Waals surface area contributed by atoms with Gasteiger partial charge in [-0.3, -0.25) is 9.98 Å². The summed E-state index contributed by atoms with van der Waals surface area (Å²) in [5.41, 5.74) is 2.32. The molecule has 0 saturated carbocycles. The van der Waals surface area contributed by atoms with Gasteiger partial charge in [-0.15, -0.1) is 0 Å². The molecule has 0 fully saturated rings. The summed E-state index contributed by atoms with van der Waals surface area (Å²) in [5, 5.41) is 7.87. The van der Waals surface area contributed by atoms with Crippen LogP contribution in [0.3, 0.4) is 0 Å². The third kappa shape index (κ3) is 4.83. The first kappa shape index (κ1) is 17.0. The Morgan fingerprint density at radius 1 is 1.08 bits per heavy atom. The Morgan fingerprint density at radius 3 is 2.76 bits per heavy atom. The zero-order valence-corrected chi connectivity index (χ0v) is 14.7. The highest BCUT2D eigenvalue weighted by Crippen LogP contribution is 2.16. The molecule has 1 aromatic carbocycles. The SMILES string of the molecule is CCNC(=NCCc1cccc2cccnc12)NCCn1cccc1. The van der Waals surface area contributed by atoms with E-state index in [0.29, 0.717) is 0 Å². The minimum absolute atomic E-state index is 0.731. The van der Waals surface area contributed by atoms with Crippen LogP contribution in [0.1, 0.15) is 12.5 Å². The molecule has 0 aliphatic heterocycles. The summed E-state index contributed by atoms with van der Waals surface area (Å²) in [7, 11) is 0. The van der Waals surface area contributed by atoms with Crippen LogP contribution in [0.2, 0.25) is 0 Å². The number of benzene rings is 1. The van der Waals surface area contributed by atoms with E-state index in [1.165, 1.54) is 10.9 Å². The molecule has 0 amide bonds. The van der Waals surface area contributed by atoms with E-state index in [9.17, 15) is 0 Å². The molecule has 0 aliphatic carbocycles. The molecule has 0 unspecified atom stereocenters. The summed E-state index contributed by atoms with van der Waals surface area (Å²) < 4.78 is 2.15. The monoisotopic (exact) mass is 335 g/mol. The fourth-order valence-electron chi connectivity index (χ4n) is 2.82. The lowest BCUT2D eigenvalue weighted by atomic mass is 10.1. The van der Waals surface area contributed by atoms with Gasteiger partial charge in [0, 0.05) is 50.2 Å². The maximum atomic E-state index is 4.69. The van der Waals surface area contributed by atoms with E-state index in [1.54, 1.807) is 0 Å². The number of para-hydroxylation sites is 1. The van der Waals surface area contributed by atoms with Crippen molar-refractivity contribution in [3.05, 3.63) is 66.6 Å². The van der Waals surface area contributed by atoms with Crippen LogP contribution < -0.4 is 10.6 Å². The van der Waals surface area contributed by atoms with Gasteiger partial charge in [-0.2, -0.15) is 0 Å². The van der Waals surface area contributed by atoms with E-state index in [0.717, 1.165) is 44.1 Å². The van der Waals surface area contributed by atoms with Gasteiger partial charge < -0.3 is 15.2 Å². The average molecular weight is 335 g/mol. The van der Waals surface area contributed by atoms with Gasteiger partial charge in [-0.1, -0.05) is 24.3 Å². The molecule has 2 N–H and O–H groups in total. The fraction of sp³-hybridized carbons (Fsp3) is 0.300. The fourth-order valence-corrected chi connectivity index (χ4v) is 2.82. The van der Waals surface area contributed by atoms with Gasteiger partial charge in [0.1, 0.15) is 0 Å². The molecule has 0 spiro atoms. The number of guanidine groups is 1. The van der Waals surface area contributed by atoms with Gasteiger partial charge in [0.05, 0.1) is 5.52 Å². The Morgan fingerprint density at radius 2 is 1.92 bits per heavy atom. The highest BCUT2D eigenvalue weighted by Gasteiger charge is 2.02. The molecule has 0 bridgehead atoms. The van der Waals surface area contributed by atoms with Crippen LogP contribution in [-0.2, 0) is 13.0 Å². The highest BCUT2D eigenvalue weighted by molar-refractivity contribution is 5.82. The van der Waals surface area contributed by atoms with E-state index < -0.39 is 0 Å². The number of nitrogens with zero attached hydrogens (tertiary/aromatic N) is 3. The lowest BCUT2D eigenvalue weighted by Gasteiger charge is -2.12. The first-order chi connectivity index (χ1) is 12.4. The first-order valence-corrected chi connectivity index (χ1v) is 8.82. The predicted octanol–water partition coefficient (Wildman–Crippen LogP) is 2.83. The third-order valence-electron chi connectivity index (χ3n) is 4.04. The quantitative estimate of drug-likeness (QED) is 0.516. The van der Waals surface area contributed by atoms with E-state index in [1.807, 2.05) is 24.4 Å². The number of hydrogen-bond donors (Lipinski definition) is 2. The van der Waals surface area contributed by atoms with E-state index >= 15 is 0 Å². The smallest absolute Gasteiger partial charge is 0.191 e. The Labute approximate surface area is 148 Å². The molecular formula is C20H25N5. The summed E-state index contributed by atoms with van der Waals surface area (Å²) in [6.07, 6.45) is 6.86. The number of rotatable bonds is 7. The van der Waals surface area contributed by atoms with Crippen LogP contribution in [0.4, 0.5) is 0 Å². The Hall–Kier alpha value is -2.82. The lowest BCUT2D eigenvalue weighted by Crippen LogP contribution is -2.39. The summed E-state index contributed by atoms with van der Waals surface area (Å²) in [5.74, 6) is 0.864. The molecular weight excluding hydrogens is 310 g/mol. The molecule has 0 radical (unpaired) electrons. The number of hydrogen-bond acceptors (Lipinski definition) is 2. The number of pyridine rings is 1. The molecule has 0 aliphatic rings. The summed E-state index contributed by atoms with van der Waals surface area (Å²) in [6, 6.07) is 14.5. The molecule has 5 nitrogen and oxygen atoms in total. The summed E-state index contributed by atoms with van der Waals surface area (Å²) in [6.45, 7) is 5.43. The molecule has 2 aromatic heterocycles. The maximum Gasteiger partial charge on any atom is 0.191 e. The van der Waals surface area contributed by atoms with Crippen LogP contribution in [-0.4, -0.2) is 35.1 Å². The second-order valence-corrected chi connectivity index (χ2v) is 5.85. The van der Waals surface area contributed by atoms with Gasteiger partial charge in [-0.25, -0.2) is 0 Å². The van der Waals surface area contributed by atoms with Gasteiger partial charge in [0.15, 0.2) is 5.96 Å². The standard InChI is InChI=1S/C20H25N5/c1-2-21-20(24-13-16-25-14-3-4-15-25)23-12-10-18-8-5-7-17-9-6-11-22-19(17)18/h3-9,11,14-15H,2,10,12-13,16H2,1H3,(H2,21,23,24). The van der Waals surface area contributed by atoms with Crippen molar-refractivity contribution >= 4 is 16.9 Å². The summed E-state index contributed by atoms with van der Waals surface area (Å²) in [4.78, 5) is 9.20. The second-order valence-electron chi connectivity index (χ2n) is 5.85. The van der Waals surface area contributed by atoms with Crippen molar-refractivity contribution in [3.8, 4) is 0 Å². The zero-order valence-electron chi connectivity index (χ0n) is 14.7.